The van der Waals surface area contributed by atoms with E-state index in [-0.39, 0.29) is 18.0 Å². The minimum Gasteiger partial charge on any atom is -0.497 e. The summed E-state index contributed by atoms with van der Waals surface area (Å²) in [4.78, 5) is 27.2. The maximum atomic E-state index is 12.5. The fraction of sp³-hybridized carbons (Fsp3) is 0.190. The van der Waals surface area contributed by atoms with Crippen molar-refractivity contribution in [2.75, 3.05) is 14.2 Å². The number of halogens is 1. The summed E-state index contributed by atoms with van der Waals surface area (Å²) in [6.07, 6.45) is 0.277. The van der Waals surface area contributed by atoms with E-state index in [1.807, 2.05) is 6.07 Å². The Kier molecular flexibility index (Phi) is 5.43. The highest BCUT2D eigenvalue weighted by atomic mass is 35.5. The molecule has 1 aliphatic heterocycles. The third-order valence-electron chi connectivity index (χ3n) is 5.02. The van der Waals surface area contributed by atoms with Gasteiger partial charge >= 0.3 is 5.69 Å². The van der Waals surface area contributed by atoms with Gasteiger partial charge in [-0.2, -0.15) is 5.10 Å². The fourth-order valence-corrected chi connectivity index (χ4v) is 3.63. The molecule has 4 rings (SSSR count). The van der Waals surface area contributed by atoms with Crippen molar-refractivity contribution in [3.05, 3.63) is 79.5 Å². The van der Waals surface area contributed by atoms with Crippen molar-refractivity contribution in [2.24, 2.45) is 5.10 Å². The van der Waals surface area contributed by atoms with Crippen LogP contribution >= 0.6 is 11.6 Å². The van der Waals surface area contributed by atoms with Crippen molar-refractivity contribution in [3.8, 4) is 23.1 Å². The number of hydrazone groups is 1. The lowest BCUT2D eigenvalue weighted by molar-refractivity contribution is 0.392. The van der Waals surface area contributed by atoms with Crippen LogP contribution in [0.25, 0.3) is 5.69 Å². The summed E-state index contributed by atoms with van der Waals surface area (Å²) in [6, 6.07) is 11.3. The van der Waals surface area contributed by atoms with Crippen LogP contribution in [-0.4, -0.2) is 34.6 Å². The van der Waals surface area contributed by atoms with E-state index in [0.29, 0.717) is 27.9 Å². The number of hydrogen-bond donors (Lipinski definition) is 3. The van der Waals surface area contributed by atoms with Gasteiger partial charge in [-0.25, -0.2) is 9.36 Å². The summed E-state index contributed by atoms with van der Waals surface area (Å²) in [5.41, 5.74) is 2.80. The summed E-state index contributed by atoms with van der Waals surface area (Å²) in [6.45, 7) is 0. The number of rotatable bonds is 5. The van der Waals surface area contributed by atoms with Crippen molar-refractivity contribution in [2.45, 2.75) is 12.5 Å². The number of nitrogens with zero attached hydrogens (tertiary/aromatic N) is 2. The van der Waals surface area contributed by atoms with Crippen LogP contribution in [0, 0.1) is 0 Å². The molecule has 3 aromatic rings. The minimum atomic E-state index is -0.772. The van der Waals surface area contributed by atoms with Crippen LogP contribution in [0.4, 0.5) is 0 Å². The number of aromatic hydroxyl groups is 1. The van der Waals surface area contributed by atoms with Gasteiger partial charge in [0.05, 0.1) is 31.7 Å². The Bertz CT molecular complexity index is 1280. The average molecular weight is 443 g/mol. The van der Waals surface area contributed by atoms with Crippen LogP contribution in [0.5, 0.6) is 17.4 Å². The molecular weight excluding hydrogens is 424 g/mol. The second-order valence-corrected chi connectivity index (χ2v) is 7.26. The molecule has 31 heavy (non-hydrogen) atoms. The largest absolute Gasteiger partial charge is 0.497 e. The molecule has 3 N–H and O–H groups in total. The van der Waals surface area contributed by atoms with Gasteiger partial charge in [-0.15, -0.1) is 0 Å². The van der Waals surface area contributed by atoms with Gasteiger partial charge in [0.15, 0.2) is 0 Å². The Hall–Kier alpha value is -3.72. The quantitative estimate of drug-likeness (QED) is 0.558. The topological polar surface area (TPSA) is 118 Å². The highest BCUT2D eigenvalue weighted by Crippen LogP contribution is 2.34. The van der Waals surface area contributed by atoms with Crippen LogP contribution in [0.1, 0.15) is 23.6 Å². The zero-order valence-electron chi connectivity index (χ0n) is 16.7. The SMILES string of the molecule is COc1ccc(OC)c(C2CC(c3c(O)n(-c4ccc(Cl)cc4)c(=O)[nH]c3=O)=NN2)c1. The Morgan fingerprint density at radius 3 is 2.55 bits per heavy atom. The molecule has 1 unspecified atom stereocenters. The minimum absolute atomic E-state index is 0.0913. The maximum absolute atomic E-state index is 12.5. The number of ether oxygens (including phenoxy) is 2. The van der Waals surface area contributed by atoms with Gasteiger partial charge in [0, 0.05) is 17.0 Å². The van der Waals surface area contributed by atoms with Crippen LogP contribution < -0.4 is 26.1 Å². The Morgan fingerprint density at radius 2 is 1.87 bits per heavy atom. The van der Waals surface area contributed by atoms with E-state index in [0.717, 1.165) is 10.1 Å². The van der Waals surface area contributed by atoms with Gasteiger partial charge < -0.3 is 20.0 Å². The van der Waals surface area contributed by atoms with Gasteiger partial charge in [-0.05, 0) is 42.5 Å². The zero-order chi connectivity index (χ0) is 22.1. The van der Waals surface area contributed by atoms with E-state index in [1.54, 1.807) is 50.6 Å². The third kappa shape index (κ3) is 3.75. The molecular formula is C21H19ClN4O5. The van der Waals surface area contributed by atoms with Crippen LogP contribution in [-0.2, 0) is 0 Å². The molecule has 1 aliphatic rings. The van der Waals surface area contributed by atoms with Crippen LogP contribution in [0.15, 0.2) is 57.2 Å². The Labute approximate surface area is 181 Å². The molecule has 160 valence electrons. The highest BCUT2D eigenvalue weighted by molar-refractivity contribution is 6.30. The van der Waals surface area contributed by atoms with E-state index >= 15 is 0 Å². The molecule has 0 aliphatic carbocycles. The van der Waals surface area contributed by atoms with Crippen molar-refractivity contribution < 1.29 is 14.6 Å². The van der Waals surface area contributed by atoms with E-state index < -0.39 is 17.1 Å². The summed E-state index contributed by atoms with van der Waals surface area (Å²) >= 11 is 5.91. The number of nitrogens with one attached hydrogen (secondary N) is 2. The van der Waals surface area contributed by atoms with E-state index in [9.17, 15) is 14.7 Å². The first-order valence-corrected chi connectivity index (χ1v) is 9.69. The lowest BCUT2D eigenvalue weighted by Crippen LogP contribution is -2.33. The second-order valence-electron chi connectivity index (χ2n) is 6.82. The first-order valence-electron chi connectivity index (χ1n) is 9.31. The molecule has 0 spiro atoms. The van der Waals surface area contributed by atoms with E-state index in [4.69, 9.17) is 21.1 Å². The maximum Gasteiger partial charge on any atom is 0.335 e. The summed E-state index contributed by atoms with van der Waals surface area (Å²) in [5, 5.41) is 15.6. The number of benzene rings is 2. The lowest BCUT2D eigenvalue weighted by Gasteiger charge is -2.16. The third-order valence-corrected chi connectivity index (χ3v) is 5.28. The van der Waals surface area contributed by atoms with E-state index in [1.165, 1.54) is 0 Å². The average Bonchev–Trinajstić information content (AvgIpc) is 3.23. The molecule has 1 atom stereocenters. The van der Waals surface area contributed by atoms with Gasteiger partial charge in [0.25, 0.3) is 5.56 Å². The molecule has 0 fully saturated rings. The molecule has 9 nitrogen and oxygen atoms in total. The standard InChI is InChI=1S/C21H19ClN4O5/c1-30-13-7-8-17(31-2)14(9-13)15-10-16(25-24-15)18-19(27)23-21(29)26(20(18)28)12-5-3-11(22)4-6-12/h3-9,15,24,28H,10H2,1-2H3,(H,23,27,29). The van der Waals surface area contributed by atoms with E-state index in [2.05, 4.69) is 15.5 Å². The second kappa shape index (κ2) is 8.19. The normalized spacial score (nSPS) is 15.3. The van der Waals surface area contributed by atoms with Crippen molar-refractivity contribution in [3.63, 3.8) is 0 Å². The predicted molar refractivity (Wildman–Crippen MR) is 116 cm³/mol. The molecule has 0 bridgehead atoms. The van der Waals surface area contributed by atoms with Gasteiger partial charge in [0.2, 0.25) is 5.88 Å². The highest BCUT2D eigenvalue weighted by Gasteiger charge is 2.29. The van der Waals surface area contributed by atoms with Gasteiger partial charge in [0.1, 0.15) is 17.1 Å². The first kappa shape index (κ1) is 20.5. The Balaban J connectivity index is 1.74. The number of H-pyrrole nitrogens is 1. The monoisotopic (exact) mass is 442 g/mol. The number of hydrogen-bond acceptors (Lipinski definition) is 7. The van der Waals surface area contributed by atoms with Crippen LogP contribution in [0.3, 0.4) is 0 Å². The van der Waals surface area contributed by atoms with Gasteiger partial charge in [-0.1, -0.05) is 11.6 Å². The number of aromatic amines is 1. The zero-order valence-corrected chi connectivity index (χ0v) is 17.4. The smallest absolute Gasteiger partial charge is 0.335 e. The molecule has 0 radical (unpaired) electrons. The van der Waals surface area contributed by atoms with Crippen LogP contribution in [0.2, 0.25) is 5.02 Å². The summed E-state index contributed by atoms with van der Waals surface area (Å²) in [5.74, 6) is 0.761. The summed E-state index contributed by atoms with van der Waals surface area (Å²) < 4.78 is 11.7. The van der Waals surface area contributed by atoms with Gasteiger partial charge in [-0.3, -0.25) is 9.78 Å². The summed E-state index contributed by atoms with van der Waals surface area (Å²) in [7, 11) is 3.12. The van der Waals surface area contributed by atoms with Crippen molar-refractivity contribution in [1.29, 1.82) is 0 Å². The predicted octanol–water partition coefficient (Wildman–Crippen LogP) is 2.34. The molecule has 0 amide bonds. The molecule has 10 heteroatoms. The first-order chi connectivity index (χ1) is 14.9. The molecule has 1 aromatic heterocycles. The lowest BCUT2D eigenvalue weighted by atomic mass is 9.99. The molecule has 0 saturated heterocycles. The number of methoxy groups -OCH3 is 2. The molecule has 2 aromatic carbocycles. The molecule has 0 saturated carbocycles. The Morgan fingerprint density at radius 1 is 1.13 bits per heavy atom. The fourth-order valence-electron chi connectivity index (χ4n) is 3.50. The number of aromatic nitrogens is 2. The molecule has 2 heterocycles. The van der Waals surface area contributed by atoms with Crippen molar-refractivity contribution >= 4 is 17.3 Å². The van der Waals surface area contributed by atoms with Crippen molar-refractivity contribution in [1.82, 2.24) is 15.0 Å².